The number of aryl methyl sites for hydroxylation is 3. The maximum Gasteiger partial charge on any atom is 0.271 e. The molecule has 6 N–H and O–H groups in total. The fourth-order valence-corrected chi connectivity index (χ4v) is 5.74. The van der Waals surface area contributed by atoms with Crippen LogP contribution in [0.3, 0.4) is 0 Å². The number of benzene rings is 3. The van der Waals surface area contributed by atoms with Crippen LogP contribution in [0.2, 0.25) is 0 Å². The highest BCUT2D eigenvalue weighted by molar-refractivity contribution is 5.83. The van der Waals surface area contributed by atoms with Gasteiger partial charge in [0.25, 0.3) is 5.56 Å². The maximum atomic E-state index is 12.9. The highest BCUT2D eigenvalue weighted by atomic mass is 16.5. The van der Waals surface area contributed by atoms with Crippen molar-refractivity contribution >= 4 is 22.6 Å². The first-order valence-corrected chi connectivity index (χ1v) is 15.1. The maximum absolute atomic E-state index is 12.9. The van der Waals surface area contributed by atoms with Gasteiger partial charge in [0.05, 0.1) is 29.8 Å². The second kappa shape index (κ2) is 12.9. The molecule has 0 aliphatic carbocycles. The van der Waals surface area contributed by atoms with Gasteiger partial charge >= 0.3 is 0 Å². The van der Waals surface area contributed by atoms with E-state index in [9.17, 15) is 9.59 Å². The summed E-state index contributed by atoms with van der Waals surface area (Å²) >= 11 is 0. The lowest BCUT2D eigenvalue weighted by atomic mass is 9.99. The number of aromatic nitrogens is 3. The molecule has 9 nitrogen and oxygen atoms in total. The molecule has 226 valence electrons. The Labute approximate surface area is 256 Å². The molecule has 0 spiro atoms. The van der Waals surface area contributed by atoms with E-state index in [2.05, 4.69) is 58.7 Å². The minimum Gasteiger partial charge on any atom is -0.375 e. The zero-order valence-corrected chi connectivity index (χ0v) is 25.0. The first kappa shape index (κ1) is 29.3. The van der Waals surface area contributed by atoms with Crippen molar-refractivity contribution in [2.24, 2.45) is 5.73 Å². The molecule has 3 atom stereocenters. The van der Waals surface area contributed by atoms with Gasteiger partial charge in [-0.05, 0) is 78.3 Å². The quantitative estimate of drug-likeness (QED) is 0.160. The Hall–Kier alpha value is -4.73. The molecule has 0 bridgehead atoms. The van der Waals surface area contributed by atoms with Crippen molar-refractivity contribution in [3.8, 4) is 11.1 Å². The van der Waals surface area contributed by atoms with E-state index in [1.807, 2.05) is 48.5 Å². The molecule has 1 amide bonds. The molecule has 9 heteroatoms. The number of hydrogen-bond acceptors (Lipinski definition) is 6. The number of nitrogens with one attached hydrogen (secondary N) is 4. The summed E-state index contributed by atoms with van der Waals surface area (Å²) < 4.78 is 6.22. The minimum absolute atomic E-state index is 0.0193. The summed E-state index contributed by atoms with van der Waals surface area (Å²) in [6.45, 7) is 5.35. The molecule has 44 heavy (non-hydrogen) atoms. The van der Waals surface area contributed by atoms with Gasteiger partial charge in [0, 0.05) is 19.2 Å². The van der Waals surface area contributed by atoms with Crippen LogP contribution in [0.1, 0.15) is 40.5 Å². The van der Waals surface area contributed by atoms with Crippen molar-refractivity contribution in [1.29, 1.82) is 0 Å². The van der Waals surface area contributed by atoms with Crippen molar-refractivity contribution < 1.29 is 9.53 Å². The lowest BCUT2D eigenvalue weighted by Gasteiger charge is -2.29. The van der Waals surface area contributed by atoms with Gasteiger partial charge in [-0.15, -0.1) is 0 Å². The topological polar surface area (TPSA) is 138 Å². The van der Waals surface area contributed by atoms with E-state index < -0.39 is 11.9 Å². The molecular weight excluding hydrogens is 552 g/mol. The zero-order chi connectivity index (χ0) is 30.6. The van der Waals surface area contributed by atoms with Crippen LogP contribution in [0.4, 0.5) is 5.69 Å². The Morgan fingerprint density at radius 2 is 1.80 bits per heavy atom. The van der Waals surface area contributed by atoms with E-state index >= 15 is 0 Å². The van der Waals surface area contributed by atoms with Crippen LogP contribution in [-0.4, -0.2) is 46.2 Å². The first-order valence-electron chi connectivity index (χ1n) is 15.1. The number of anilines is 1. The lowest BCUT2D eigenvalue weighted by Crippen LogP contribution is -2.42. The molecule has 0 radical (unpaired) electrons. The molecule has 0 saturated carbocycles. The Kier molecular flexibility index (Phi) is 8.58. The smallest absolute Gasteiger partial charge is 0.271 e. The van der Waals surface area contributed by atoms with Crippen molar-refractivity contribution in [3.63, 3.8) is 0 Å². The third-order valence-corrected chi connectivity index (χ3v) is 8.48. The molecule has 6 rings (SSSR count). The fourth-order valence-electron chi connectivity index (χ4n) is 5.74. The van der Waals surface area contributed by atoms with Crippen molar-refractivity contribution in [2.75, 3.05) is 18.5 Å². The van der Waals surface area contributed by atoms with Gasteiger partial charge in [-0.3, -0.25) is 9.59 Å². The molecule has 1 saturated heterocycles. The molecular formula is C35H38N6O3. The van der Waals surface area contributed by atoms with Gasteiger partial charge in [-0.25, -0.2) is 4.98 Å². The summed E-state index contributed by atoms with van der Waals surface area (Å²) in [6, 6.07) is 23.5. The van der Waals surface area contributed by atoms with E-state index in [4.69, 9.17) is 15.5 Å². The average molecular weight is 591 g/mol. The number of morpholine rings is 1. The van der Waals surface area contributed by atoms with Crippen molar-refractivity contribution in [3.05, 3.63) is 117 Å². The Morgan fingerprint density at radius 1 is 1.05 bits per heavy atom. The average Bonchev–Trinajstić information content (AvgIpc) is 3.44. The number of ether oxygens (including phenoxy) is 1. The number of fused-ring (bicyclic) bond motifs is 1. The number of H-pyrrole nitrogens is 2. The summed E-state index contributed by atoms with van der Waals surface area (Å²) in [6.07, 6.45) is 3.27. The molecule has 1 fully saturated rings. The van der Waals surface area contributed by atoms with Crippen LogP contribution in [-0.2, 0) is 22.4 Å². The van der Waals surface area contributed by atoms with Crippen LogP contribution in [0, 0.1) is 13.8 Å². The number of carbonyl (C=O) groups is 1. The Bertz CT molecular complexity index is 1770. The van der Waals surface area contributed by atoms with E-state index in [0.717, 1.165) is 39.1 Å². The van der Waals surface area contributed by atoms with Gasteiger partial charge in [0.15, 0.2) is 0 Å². The van der Waals surface area contributed by atoms with Gasteiger partial charge < -0.3 is 31.1 Å². The van der Waals surface area contributed by atoms with E-state index in [0.29, 0.717) is 38.1 Å². The first-order chi connectivity index (χ1) is 21.3. The summed E-state index contributed by atoms with van der Waals surface area (Å²) in [5.74, 6) is 0.352. The fraction of sp³-hybridized carbons (Fsp3) is 0.286. The highest BCUT2D eigenvalue weighted by Gasteiger charge is 2.26. The number of imidazole rings is 1. The van der Waals surface area contributed by atoms with Crippen LogP contribution in [0.15, 0.2) is 83.8 Å². The Morgan fingerprint density at radius 3 is 2.52 bits per heavy atom. The number of aromatic amines is 2. The SMILES string of the molecule is Cc1cc2nc([C@@H]3CO[C@H](CCc4cc[nH]c(=O)c4N[C@@H](Cc4ccc(-c5ccccc5)cc4)C(N)=O)CN3)[nH]c2cc1C. The van der Waals surface area contributed by atoms with Crippen LogP contribution < -0.4 is 21.9 Å². The van der Waals surface area contributed by atoms with E-state index in [1.54, 1.807) is 6.20 Å². The summed E-state index contributed by atoms with van der Waals surface area (Å²) in [4.78, 5) is 36.3. The molecule has 1 aliphatic rings. The summed E-state index contributed by atoms with van der Waals surface area (Å²) in [5, 5.41) is 6.72. The third kappa shape index (κ3) is 6.59. The van der Waals surface area contributed by atoms with E-state index in [1.165, 1.54) is 11.1 Å². The largest absolute Gasteiger partial charge is 0.375 e. The predicted molar refractivity (Wildman–Crippen MR) is 174 cm³/mol. The second-order valence-electron chi connectivity index (χ2n) is 11.6. The standard InChI is InChI=1S/C35H38N6O3/c1-21-16-28-29(17-22(21)2)41-34(40-28)31-20-44-27(19-38-31)13-12-26-14-15-37-35(43)32(26)39-30(33(36)42)18-23-8-10-25(11-9-23)24-6-4-3-5-7-24/h3-11,14-17,27,30-31,38-39H,12-13,18-20H2,1-2H3,(H2,36,42)(H,37,43)(H,40,41)/t27-,30+,31+/m1/s1. The Balaban J connectivity index is 1.08. The lowest BCUT2D eigenvalue weighted by molar-refractivity contribution is -0.118. The number of nitrogens with two attached hydrogens (primary N) is 1. The van der Waals surface area contributed by atoms with Crippen LogP contribution in [0.5, 0.6) is 0 Å². The summed E-state index contributed by atoms with van der Waals surface area (Å²) in [7, 11) is 0. The number of rotatable bonds is 10. The van der Waals surface area contributed by atoms with Gasteiger partial charge in [-0.1, -0.05) is 54.6 Å². The monoisotopic (exact) mass is 590 g/mol. The molecule has 3 heterocycles. The third-order valence-electron chi connectivity index (χ3n) is 8.48. The van der Waals surface area contributed by atoms with E-state index in [-0.39, 0.29) is 17.7 Å². The number of nitrogens with zero attached hydrogens (tertiary/aromatic N) is 1. The highest BCUT2D eigenvalue weighted by Crippen LogP contribution is 2.24. The van der Waals surface area contributed by atoms with Crippen molar-refractivity contribution in [1.82, 2.24) is 20.3 Å². The van der Waals surface area contributed by atoms with Crippen molar-refractivity contribution in [2.45, 2.75) is 51.3 Å². The zero-order valence-electron chi connectivity index (χ0n) is 25.0. The van der Waals surface area contributed by atoms with Crippen LogP contribution >= 0.6 is 0 Å². The number of carbonyl (C=O) groups excluding carboxylic acids is 1. The number of amides is 1. The molecule has 2 aromatic heterocycles. The molecule has 3 aromatic carbocycles. The number of pyridine rings is 1. The molecule has 5 aromatic rings. The normalized spacial score (nSPS) is 17.4. The second-order valence-corrected chi connectivity index (χ2v) is 11.6. The predicted octanol–water partition coefficient (Wildman–Crippen LogP) is 4.71. The van der Waals surface area contributed by atoms with Gasteiger partial charge in [0.1, 0.15) is 17.6 Å². The minimum atomic E-state index is -0.746. The summed E-state index contributed by atoms with van der Waals surface area (Å²) in [5.41, 5.74) is 14.3. The number of primary amides is 1. The van der Waals surface area contributed by atoms with Crippen LogP contribution in [0.25, 0.3) is 22.2 Å². The molecule has 1 aliphatic heterocycles. The number of hydrogen-bond donors (Lipinski definition) is 5. The van der Waals surface area contributed by atoms with Gasteiger partial charge in [0.2, 0.25) is 5.91 Å². The molecule has 0 unspecified atom stereocenters. The van der Waals surface area contributed by atoms with Gasteiger partial charge in [-0.2, -0.15) is 0 Å².